The number of ether oxygens (including phenoxy) is 1. The van der Waals surface area contributed by atoms with Gasteiger partial charge in [0.25, 0.3) is 0 Å². The molecule has 0 spiro atoms. The molecular formula is C15H22FN3OS. The largest absolute Gasteiger partial charge is 0.377 e. The summed E-state index contributed by atoms with van der Waals surface area (Å²) in [4.78, 5) is 0. The zero-order valence-electron chi connectivity index (χ0n) is 12.3. The van der Waals surface area contributed by atoms with E-state index in [1.807, 2.05) is 0 Å². The SMILES string of the molecule is CCCCCCOCc1ccc(C=NNC(N)=S)cc1F. The smallest absolute Gasteiger partial charge is 0.184 e. The van der Waals surface area contributed by atoms with Crippen LogP contribution in [0.3, 0.4) is 0 Å². The van der Waals surface area contributed by atoms with Gasteiger partial charge >= 0.3 is 0 Å². The standard InChI is InChI=1S/C15H22FN3OS/c1-2-3-4-5-8-20-11-13-7-6-12(9-14(13)16)10-18-19-15(17)21/h6-7,9-10H,2-5,8,11H2,1H3,(H3,17,19,21). The molecule has 0 unspecified atom stereocenters. The van der Waals surface area contributed by atoms with Crippen LogP contribution < -0.4 is 11.2 Å². The maximum atomic E-state index is 13.9. The van der Waals surface area contributed by atoms with E-state index >= 15 is 0 Å². The van der Waals surface area contributed by atoms with Gasteiger partial charge in [-0.25, -0.2) is 4.39 Å². The molecular weight excluding hydrogens is 289 g/mol. The molecule has 0 aromatic heterocycles. The molecule has 6 heteroatoms. The normalized spacial score (nSPS) is 11.0. The highest BCUT2D eigenvalue weighted by Gasteiger charge is 2.03. The van der Waals surface area contributed by atoms with E-state index in [0.717, 1.165) is 12.8 Å². The molecule has 0 radical (unpaired) electrons. The summed E-state index contributed by atoms with van der Waals surface area (Å²) in [6.45, 7) is 3.12. The number of benzene rings is 1. The van der Waals surface area contributed by atoms with Crippen LogP contribution in [-0.2, 0) is 11.3 Å². The Bertz CT molecular complexity index is 480. The molecule has 0 fully saturated rings. The van der Waals surface area contributed by atoms with Crippen LogP contribution in [0.1, 0.15) is 43.7 Å². The summed E-state index contributed by atoms with van der Waals surface area (Å²) in [6.07, 6.45) is 6.04. The Kier molecular flexibility index (Phi) is 8.54. The van der Waals surface area contributed by atoms with E-state index in [2.05, 4.69) is 29.7 Å². The lowest BCUT2D eigenvalue weighted by Crippen LogP contribution is -2.24. The summed E-state index contributed by atoms with van der Waals surface area (Å²) in [5.74, 6) is -0.303. The predicted molar refractivity (Wildman–Crippen MR) is 87.7 cm³/mol. The molecule has 0 heterocycles. The first-order valence-electron chi connectivity index (χ1n) is 7.08. The minimum Gasteiger partial charge on any atom is -0.377 e. The van der Waals surface area contributed by atoms with Gasteiger partial charge in [0.15, 0.2) is 5.11 Å². The van der Waals surface area contributed by atoms with E-state index < -0.39 is 0 Å². The Morgan fingerprint density at radius 3 is 2.90 bits per heavy atom. The molecule has 21 heavy (non-hydrogen) atoms. The number of nitrogens with one attached hydrogen (secondary N) is 1. The van der Waals surface area contributed by atoms with E-state index in [9.17, 15) is 4.39 Å². The molecule has 0 saturated carbocycles. The third kappa shape index (κ3) is 7.72. The van der Waals surface area contributed by atoms with Gasteiger partial charge in [-0.05, 0) is 30.3 Å². The maximum Gasteiger partial charge on any atom is 0.184 e. The van der Waals surface area contributed by atoms with E-state index in [4.69, 9.17) is 10.5 Å². The number of hydrogen-bond acceptors (Lipinski definition) is 3. The van der Waals surface area contributed by atoms with Gasteiger partial charge in [0.1, 0.15) is 5.82 Å². The van der Waals surface area contributed by atoms with Crippen LogP contribution in [0.2, 0.25) is 0 Å². The Labute approximate surface area is 130 Å². The van der Waals surface area contributed by atoms with Crippen molar-refractivity contribution >= 4 is 23.5 Å². The first kappa shape index (κ1) is 17.5. The quantitative estimate of drug-likeness (QED) is 0.318. The number of unbranched alkanes of at least 4 members (excludes halogenated alkanes) is 3. The van der Waals surface area contributed by atoms with Crippen molar-refractivity contribution in [2.75, 3.05) is 6.61 Å². The molecule has 1 aromatic carbocycles. The van der Waals surface area contributed by atoms with Gasteiger partial charge in [-0.3, -0.25) is 5.43 Å². The first-order valence-corrected chi connectivity index (χ1v) is 7.49. The number of hydrazone groups is 1. The zero-order valence-corrected chi connectivity index (χ0v) is 13.1. The van der Waals surface area contributed by atoms with Crippen molar-refractivity contribution in [3.05, 3.63) is 35.1 Å². The van der Waals surface area contributed by atoms with Gasteiger partial charge in [0.05, 0.1) is 12.8 Å². The lowest BCUT2D eigenvalue weighted by atomic mass is 10.1. The molecule has 0 amide bonds. The van der Waals surface area contributed by atoms with Gasteiger partial charge < -0.3 is 10.5 Å². The average molecular weight is 311 g/mol. The minimum atomic E-state index is -0.303. The third-order valence-corrected chi connectivity index (χ3v) is 2.96. The Balaban J connectivity index is 2.39. The van der Waals surface area contributed by atoms with Crippen LogP contribution >= 0.6 is 12.2 Å². The second kappa shape index (κ2) is 10.2. The monoisotopic (exact) mass is 311 g/mol. The van der Waals surface area contributed by atoms with Crippen molar-refractivity contribution in [3.63, 3.8) is 0 Å². The summed E-state index contributed by atoms with van der Waals surface area (Å²) < 4.78 is 19.3. The second-order valence-electron chi connectivity index (χ2n) is 4.70. The highest BCUT2D eigenvalue weighted by molar-refractivity contribution is 7.80. The van der Waals surface area contributed by atoms with Gasteiger partial charge in [-0.15, -0.1) is 0 Å². The third-order valence-electron chi connectivity index (χ3n) is 2.87. The molecule has 0 bridgehead atoms. The van der Waals surface area contributed by atoms with Crippen molar-refractivity contribution in [1.29, 1.82) is 0 Å². The summed E-state index contributed by atoms with van der Waals surface area (Å²) in [5.41, 5.74) is 8.82. The highest BCUT2D eigenvalue weighted by Crippen LogP contribution is 2.11. The molecule has 0 aliphatic rings. The number of thiocarbonyl (C=S) groups is 1. The number of halogens is 1. The van der Waals surface area contributed by atoms with E-state index in [-0.39, 0.29) is 10.9 Å². The van der Waals surface area contributed by atoms with Crippen LogP contribution in [0.25, 0.3) is 0 Å². The Morgan fingerprint density at radius 1 is 1.43 bits per heavy atom. The van der Waals surface area contributed by atoms with Gasteiger partial charge in [0.2, 0.25) is 0 Å². The topological polar surface area (TPSA) is 59.6 Å². The molecule has 0 aliphatic carbocycles. The van der Waals surface area contributed by atoms with E-state index in [0.29, 0.717) is 24.3 Å². The summed E-state index contributed by atoms with van der Waals surface area (Å²) in [6, 6.07) is 4.87. The summed E-state index contributed by atoms with van der Waals surface area (Å²) >= 11 is 4.61. The average Bonchev–Trinajstić information content (AvgIpc) is 2.44. The molecule has 0 aliphatic heterocycles. The summed E-state index contributed by atoms with van der Waals surface area (Å²) in [5, 5.41) is 3.85. The predicted octanol–water partition coefficient (Wildman–Crippen LogP) is 3.09. The van der Waals surface area contributed by atoms with Gasteiger partial charge in [0, 0.05) is 12.2 Å². The van der Waals surface area contributed by atoms with Crippen LogP contribution in [0.15, 0.2) is 23.3 Å². The lowest BCUT2D eigenvalue weighted by Gasteiger charge is -2.06. The van der Waals surface area contributed by atoms with E-state index in [1.54, 1.807) is 12.1 Å². The maximum absolute atomic E-state index is 13.9. The Morgan fingerprint density at radius 2 is 2.24 bits per heavy atom. The number of rotatable bonds is 9. The first-order chi connectivity index (χ1) is 10.1. The Hall–Kier alpha value is -1.53. The molecule has 3 N–H and O–H groups in total. The van der Waals surface area contributed by atoms with Crippen molar-refractivity contribution in [1.82, 2.24) is 5.43 Å². The van der Waals surface area contributed by atoms with Crippen molar-refractivity contribution in [2.45, 2.75) is 39.2 Å². The number of nitrogens with zero attached hydrogens (tertiary/aromatic N) is 1. The van der Waals surface area contributed by atoms with Crippen molar-refractivity contribution in [2.24, 2.45) is 10.8 Å². The molecule has 0 atom stereocenters. The fraction of sp³-hybridized carbons (Fsp3) is 0.467. The lowest BCUT2D eigenvalue weighted by molar-refractivity contribution is 0.114. The molecule has 116 valence electrons. The molecule has 1 rings (SSSR count). The fourth-order valence-electron chi connectivity index (χ4n) is 1.74. The van der Waals surface area contributed by atoms with E-state index in [1.165, 1.54) is 25.1 Å². The molecule has 1 aromatic rings. The number of nitrogens with two attached hydrogens (primary N) is 1. The summed E-state index contributed by atoms with van der Waals surface area (Å²) in [7, 11) is 0. The molecule has 0 saturated heterocycles. The number of hydrogen-bond donors (Lipinski definition) is 2. The minimum absolute atomic E-state index is 0.0693. The zero-order chi connectivity index (χ0) is 15.5. The van der Waals surface area contributed by atoms with Crippen molar-refractivity contribution < 1.29 is 9.13 Å². The van der Waals surface area contributed by atoms with Crippen molar-refractivity contribution in [3.8, 4) is 0 Å². The highest BCUT2D eigenvalue weighted by atomic mass is 32.1. The van der Waals surface area contributed by atoms with Crippen LogP contribution in [0.4, 0.5) is 4.39 Å². The molecule has 4 nitrogen and oxygen atoms in total. The van der Waals surface area contributed by atoms with Gasteiger partial charge in [-0.2, -0.15) is 5.10 Å². The van der Waals surface area contributed by atoms with Crippen LogP contribution in [0.5, 0.6) is 0 Å². The second-order valence-corrected chi connectivity index (χ2v) is 5.14. The van der Waals surface area contributed by atoms with Crippen LogP contribution in [-0.4, -0.2) is 17.9 Å². The fourth-order valence-corrected chi connectivity index (χ4v) is 1.80. The van der Waals surface area contributed by atoms with Crippen LogP contribution in [0, 0.1) is 5.82 Å². The van der Waals surface area contributed by atoms with Gasteiger partial charge in [-0.1, -0.05) is 38.3 Å².